The van der Waals surface area contributed by atoms with Crippen LogP contribution in [0.25, 0.3) is 0 Å². The van der Waals surface area contributed by atoms with Gasteiger partial charge in [0.05, 0.1) is 0 Å². The summed E-state index contributed by atoms with van der Waals surface area (Å²) in [5.41, 5.74) is 0. The monoisotopic (exact) mass is 175 g/mol. The second-order valence-electron chi connectivity index (χ2n) is 3.55. The summed E-state index contributed by atoms with van der Waals surface area (Å²) in [6.45, 7) is 7.47. The van der Waals surface area contributed by atoms with Crippen molar-refractivity contribution < 1.29 is 0 Å². The molecule has 0 spiro atoms. The molecule has 0 aliphatic heterocycles. The maximum Gasteiger partial charge on any atom is 0.136 e. The molecule has 0 atom stereocenters. The third-order valence-corrected chi connectivity index (χ3v) is 4.83. The van der Waals surface area contributed by atoms with Crippen LogP contribution in [0.5, 0.6) is 0 Å². The summed E-state index contributed by atoms with van der Waals surface area (Å²) >= 11 is -1.20. The third kappa shape index (κ3) is 6.42. The van der Waals surface area contributed by atoms with Crippen molar-refractivity contribution in [2.75, 3.05) is 0 Å². The van der Waals surface area contributed by atoms with Crippen LogP contribution in [0.2, 0.25) is 22.1 Å². The van der Waals surface area contributed by atoms with E-state index in [1.54, 1.807) is 0 Å². The Morgan fingerprint density at radius 3 is 1.60 bits per heavy atom. The first-order valence-electron chi connectivity index (χ1n) is 3.60. The molecular weight excluding hydrogens is 159 g/mol. The first kappa shape index (κ1) is 12.9. The van der Waals surface area contributed by atoms with Gasteiger partial charge in [0.2, 0.25) is 0 Å². The highest BCUT2D eigenvalue weighted by atomic mass is 35.5. The molecule has 0 heterocycles. The lowest BCUT2D eigenvalue weighted by Crippen LogP contribution is -2.22. The van der Waals surface area contributed by atoms with Crippen LogP contribution < -0.4 is 0 Å². The highest BCUT2D eigenvalue weighted by Crippen LogP contribution is 2.14. The predicted octanol–water partition coefficient (Wildman–Crippen LogP) is 3.49. The van der Waals surface area contributed by atoms with Crippen LogP contribution in [0.4, 0.5) is 0 Å². The van der Waals surface area contributed by atoms with Crippen LogP contribution in [0.3, 0.4) is 0 Å². The average Bonchev–Trinajstić information content (AvgIpc) is 1.64. The van der Waals surface area contributed by atoms with E-state index in [0.717, 1.165) is 0 Å². The highest BCUT2D eigenvalue weighted by molar-refractivity contribution is 6.78. The van der Waals surface area contributed by atoms with Crippen LogP contribution >= 0.6 is 12.4 Å². The second-order valence-corrected chi connectivity index (χ2v) is 9.49. The van der Waals surface area contributed by atoms with Gasteiger partial charge in [-0.15, -0.1) is 37.7 Å². The predicted molar refractivity (Wildman–Crippen MR) is 54.7 cm³/mol. The first-order chi connectivity index (χ1) is 4.12. The Labute approximate surface area is 73.1 Å². The molecule has 0 aliphatic rings. The molecule has 0 N–H and O–H groups in total. The van der Waals surface area contributed by atoms with E-state index in [4.69, 9.17) is 0 Å². The molecule has 0 aliphatic carbocycles. The molecule has 0 aromatic rings. The van der Waals surface area contributed by atoms with Crippen LogP contribution in [-0.2, 0) is 0 Å². The Hall–Kier alpha value is 0.302. The quantitative estimate of drug-likeness (QED) is 0.453. The molecule has 0 fully saturated rings. The first-order valence-corrected chi connectivity index (χ1v) is 7.55. The van der Waals surface area contributed by atoms with Gasteiger partial charge in [-0.3, -0.25) is 0 Å². The van der Waals surface area contributed by atoms with E-state index in [0.29, 0.717) is 0 Å². The Bertz CT molecular complexity index is 95.8. The number of hydrogen-bond donors (Lipinski definition) is 0. The summed E-state index contributed by atoms with van der Waals surface area (Å²) in [4.78, 5) is 0. The molecule has 0 saturated heterocycles. The molecule has 0 radical (unpaired) electrons. The van der Waals surface area contributed by atoms with Crippen molar-refractivity contribution in [1.29, 1.82) is 0 Å². The maximum atomic E-state index is 3.74. The summed E-state index contributed by atoms with van der Waals surface area (Å²) < 4.78 is 0. The van der Waals surface area contributed by atoms with Gasteiger partial charge in [0, 0.05) is 0 Å². The molecule has 0 bridgehead atoms. The van der Waals surface area contributed by atoms with Gasteiger partial charge in [-0.25, -0.2) is 11.6 Å². The highest BCUT2D eigenvalue weighted by Gasteiger charge is 2.12. The molecule has 0 saturated carbocycles. The zero-order valence-corrected chi connectivity index (χ0v) is 8.94. The van der Waals surface area contributed by atoms with Crippen LogP contribution in [0, 0.1) is 0 Å². The minimum Gasteiger partial charge on any atom is -0.203 e. The minimum atomic E-state index is -1.20. The van der Waals surface area contributed by atoms with Gasteiger partial charge in [-0.05, 0) is 0 Å². The van der Waals surface area contributed by atoms with E-state index in [9.17, 15) is 0 Å². The van der Waals surface area contributed by atoms with Crippen LogP contribution in [-0.4, -0.2) is 13.1 Å². The average molecular weight is 176 g/mol. The van der Waals surface area contributed by atoms with Crippen molar-refractivity contribution >= 4 is 25.5 Å². The lowest BCUT2D eigenvalue weighted by atomic mass is 10.7. The fourth-order valence-electron chi connectivity index (χ4n) is 0.999. The van der Waals surface area contributed by atoms with Crippen molar-refractivity contribution in [2.24, 2.45) is 0 Å². The van der Waals surface area contributed by atoms with E-state index in [2.05, 4.69) is 24.7 Å². The number of hydrogen-bond acceptors (Lipinski definition) is 0. The molecule has 0 amide bonds. The third-order valence-electron chi connectivity index (χ3n) is 1.61. The second kappa shape index (κ2) is 6.04. The number of rotatable bonds is 4. The molecule has 0 aromatic heterocycles. The molecule has 0 aromatic carbocycles. The molecule has 10 heavy (non-hydrogen) atoms. The van der Waals surface area contributed by atoms with Gasteiger partial charge in [-0.2, -0.15) is 10.6 Å². The van der Waals surface area contributed by atoms with Crippen molar-refractivity contribution in [3.05, 3.63) is 25.3 Å². The van der Waals surface area contributed by atoms with E-state index >= 15 is 0 Å². The summed E-state index contributed by atoms with van der Waals surface area (Å²) in [6.07, 6.45) is 4.07. The van der Waals surface area contributed by atoms with E-state index < -0.39 is 13.1 Å². The fraction of sp³-hybridized carbons (Fsp3) is 0.500. The van der Waals surface area contributed by atoms with Gasteiger partial charge < -0.3 is 0 Å². The van der Waals surface area contributed by atoms with Crippen molar-refractivity contribution in [3.8, 4) is 0 Å². The normalized spacial score (nSPS) is 9.80. The standard InChI is InChI=1S/2C3H5.2CH3.Al.ClH/c2*1-3-2;;;;/h2*3H,1-2H2;2*1H3;;1H/q;;;;-1;. The zero-order chi connectivity index (χ0) is 7.33. The maximum absolute atomic E-state index is 3.74. The largest absolute Gasteiger partial charge is 0.203 e. The van der Waals surface area contributed by atoms with Crippen LogP contribution in [0.1, 0.15) is 0 Å². The summed E-state index contributed by atoms with van der Waals surface area (Å²) in [5.74, 6) is 4.77. The van der Waals surface area contributed by atoms with Gasteiger partial charge >= 0.3 is 0 Å². The van der Waals surface area contributed by atoms with Crippen LogP contribution in [0.15, 0.2) is 25.3 Å². The smallest absolute Gasteiger partial charge is 0.136 e. The molecule has 0 rings (SSSR count). The lowest BCUT2D eigenvalue weighted by Gasteiger charge is -2.20. The Kier molecular flexibility index (Phi) is 7.81. The van der Waals surface area contributed by atoms with Crippen molar-refractivity contribution in [1.82, 2.24) is 0 Å². The zero-order valence-electron chi connectivity index (χ0n) is 6.97. The fourth-order valence-corrected chi connectivity index (χ4v) is 3.00. The van der Waals surface area contributed by atoms with E-state index in [-0.39, 0.29) is 12.4 Å². The van der Waals surface area contributed by atoms with Gasteiger partial charge in [0.25, 0.3) is 0 Å². The number of halogens is 1. The SMILES string of the molecule is C=C[CH2][Al-]([CH3])([CH3])[CH2]C=C.Cl. The molecule has 0 unspecified atom stereocenters. The Morgan fingerprint density at radius 1 is 1.10 bits per heavy atom. The van der Waals surface area contributed by atoms with Gasteiger partial charge in [0.1, 0.15) is 13.1 Å². The van der Waals surface area contributed by atoms with Crippen molar-refractivity contribution in [3.63, 3.8) is 0 Å². The summed E-state index contributed by atoms with van der Waals surface area (Å²) in [5, 5.41) is 2.47. The van der Waals surface area contributed by atoms with Gasteiger partial charge in [-0.1, -0.05) is 0 Å². The van der Waals surface area contributed by atoms with E-state index in [1.165, 1.54) is 10.6 Å². The molecule has 2 heteroatoms. The van der Waals surface area contributed by atoms with Gasteiger partial charge in [0.15, 0.2) is 0 Å². The summed E-state index contributed by atoms with van der Waals surface area (Å²) in [7, 11) is 0. The lowest BCUT2D eigenvalue weighted by molar-refractivity contribution is 1.43. The Balaban J connectivity index is 0. The van der Waals surface area contributed by atoms with Crippen molar-refractivity contribution in [2.45, 2.75) is 22.1 Å². The van der Waals surface area contributed by atoms with E-state index in [1.807, 2.05) is 12.2 Å². The summed E-state index contributed by atoms with van der Waals surface area (Å²) in [6, 6.07) is 0. The number of allylic oxidation sites excluding steroid dienone is 2. The molecule has 60 valence electrons. The molecule has 0 nitrogen and oxygen atoms in total. The minimum absolute atomic E-state index is 0. The topological polar surface area (TPSA) is 0 Å². The Morgan fingerprint density at radius 2 is 1.40 bits per heavy atom. The molecular formula is C8H17AlCl-.